The normalized spacial score (nSPS) is 17.7. The fraction of sp³-hybridized carbons (Fsp3) is 0.381. The van der Waals surface area contributed by atoms with Crippen molar-refractivity contribution in [2.75, 3.05) is 13.7 Å². The van der Waals surface area contributed by atoms with Crippen molar-refractivity contribution in [2.24, 2.45) is 0 Å². The number of nitrogens with zero attached hydrogens (tertiary/aromatic N) is 3. The number of hydrogen-bond donors (Lipinski definition) is 2. The first-order chi connectivity index (χ1) is 15.1. The van der Waals surface area contributed by atoms with Crippen LogP contribution >= 0.6 is 11.6 Å². The van der Waals surface area contributed by atoms with E-state index in [1.54, 1.807) is 6.20 Å². The van der Waals surface area contributed by atoms with Gasteiger partial charge in [-0.1, -0.05) is 11.6 Å². The molecule has 10 heteroatoms. The fourth-order valence-electron chi connectivity index (χ4n) is 4.27. The Labute approximate surface area is 182 Å². The Morgan fingerprint density at radius 2 is 2.23 bits per heavy atom. The number of rotatable bonds is 4. The van der Waals surface area contributed by atoms with E-state index in [0.717, 1.165) is 42.5 Å². The largest absolute Gasteiger partial charge is 0.495 e. The highest BCUT2D eigenvalue weighted by Gasteiger charge is 2.30. The third kappa shape index (κ3) is 3.37. The first-order valence-electron chi connectivity index (χ1n) is 10.1. The lowest BCUT2D eigenvalue weighted by atomic mass is 9.95. The number of aromatic amines is 1. The van der Waals surface area contributed by atoms with Crippen LogP contribution in [0, 0.1) is 5.82 Å². The first-order valence-corrected chi connectivity index (χ1v) is 10.5. The summed E-state index contributed by atoms with van der Waals surface area (Å²) >= 11 is 6.36. The van der Waals surface area contributed by atoms with Crippen molar-refractivity contribution in [3.05, 3.63) is 57.4 Å². The number of H-pyrrole nitrogens is 1. The maximum Gasteiger partial charge on any atom is 0.272 e. The second kappa shape index (κ2) is 7.97. The highest BCUT2D eigenvalue weighted by molar-refractivity contribution is 6.33. The SMILES string of the molecule is COc1ccc(F)c(-n2ncc3c2COC[C@@H]3NC(=O)c2n[nH]c3c2CCCC3)c1Cl. The Bertz CT molecular complexity index is 1160. The van der Waals surface area contributed by atoms with Crippen LogP contribution in [-0.2, 0) is 24.2 Å². The number of aromatic nitrogens is 4. The third-order valence-electron chi connectivity index (χ3n) is 5.84. The van der Waals surface area contributed by atoms with Gasteiger partial charge in [-0.05, 0) is 37.8 Å². The van der Waals surface area contributed by atoms with Gasteiger partial charge in [-0.15, -0.1) is 0 Å². The van der Waals surface area contributed by atoms with Gasteiger partial charge in [0.1, 0.15) is 16.5 Å². The van der Waals surface area contributed by atoms with Gasteiger partial charge in [0, 0.05) is 16.8 Å². The van der Waals surface area contributed by atoms with Gasteiger partial charge >= 0.3 is 0 Å². The summed E-state index contributed by atoms with van der Waals surface area (Å²) in [6, 6.07) is 2.30. The van der Waals surface area contributed by atoms with E-state index in [9.17, 15) is 9.18 Å². The Balaban J connectivity index is 1.46. The molecule has 0 saturated heterocycles. The number of carbonyl (C=O) groups excluding carboxylic acids is 1. The Morgan fingerprint density at radius 3 is 3.06 bits per heavy atom. The second-order valence-electron chi connectivity index (χ2n) is 7.65. The minimum absolute atomic E-state index is 0.0826. The Morgan fingerprint density at radius 1 is 1.39 bits per heavy atom. The summed E-state index contributed by atoms with van der Waals surface area (Å²) in [5, 5.41) is 14.7. The maximum absolute atomic E-state index is 14.6. The molecule has 0 spiro atoms. The number of hydrogen-bond acceptors (Lipinski definition) is 5. The molecule has 1 atom stereocenters. The van der Waals surface area contributed by atoms with Crippen LogP contribution in [0.4, 0.5) is 4.39 Å². The van der Waals surface area contributed by atoms with Gasteiger partial charge in [0.25, 0.3) is 5.91 Å². The van der Waals surface area contributed by atoms with Gasteiger partial charge < -0.3 is 14.8 Å². The number of carbonyl (C=O) groups is 1. The van der Waals surface area contributed by atoms with E-state index < -0.39 is 11.9 Å². The zero-order chi connectivity index (χ0) is 21.5. The van der Waals surface area contributed by atoms with Crippen LogP contribution in [0.3, 0.4) is 0 Å². The predicted octanol–water partition coefficient (Wildman–Crippen LogP) is 3.28. The van der Waals surface area contributed by atoms with Gasteiger partial charge in [0.05, 0.1) is 38.3 Å². The quantitative estimate of drug-likeness (QED) is 0.642. The average Bonchev–Trinajstić information content (AvgIpc) is 3.39. The van der Waals surface area contributed by atoms with Gasteiger partial charge in [0.2, 0.25) is 0 Å². The minimum Gasteiger partial charge on any atom is -0.495 e. The van der Waals surface area contributed by atoms with Crippen LogP contribution < -0.4 is 10.1 Å². The lowest BCUT2D eigenvalue weighted by molar-refractivity contribution is 0.0683. The van der Waals surface area contributed by atoms with Gasteiger partial charge in [-0.25, -0.2) is 9.07 Å². The number of fused-ring (bicyclic) bond motifs is 2. The molecule has 2 aliphatic rings. The molecule has 1 aromatic carbocycles. The Kier molecular flexibility index (Phi) is 5.15. The van der Waals surface area contributed by atoms with E-state index in [2.05, 4.69) is 20.6 Å². The summed E-state index contributed by atoms with van der Waals surface area (Å²) in [6.07, 6.45) is 5.50. The minimum atomic E-state index is -0.536. The molecule has 3 heterocycles. The van der Waals surface area contributed by atoms with E-state index in [0.29, 0.717) is 17.1 Å². The van der Waals surface area contributed by atoms with Gasteiger partial charge in [-0.3, -0.25) is 9.89 Å². The predicted molar refractivity (Wildman–Crippen MR) is 110 cm³/mol. The number of ether oxygens (including phenoxy) is 2. The van der Waals surface area contributed by atoms with Gasteiger partial charge in [-0.2, -0.15) is 10.2 Å². The third-order valence-corrected chi connectivity index (χ3v) is 6.21. The molecule has 8 nitrogen and oxygen atoms in total. The van der Waals surface area contributed by atoms with E-state index in [4.69, 9.17) is 21.1 Å². The molecule has 3 aromatic rings. The molecule has 5 rings (SSSR count). The summed E-state index contributed by atoms with van der Waals surface area (Å²) in [5.41, 5.74) is 3.90. The maximum atomic E-state index is 14.6. The van der Waals surface area contributed by atoms with Crippen molar-refractivity contribution in [1.82, 2.24) is 25.3 Å². The fourth-order valence-corrected chi connectivity index (χ4v) is 4.58. The number of methoxy groups -OCH3 is 1. The highest BCUT2D eigenvalue weighted by atomic mass is 35.5. The molecule has 162 valence electrons. The smallest absolute Gasteiger partial charge is 0.272 e. The molecular formula is C21H21ClFN5O3. The molecule has 0 fully saturated rings. The molecule has 0 unspecified atom stereocenters. The average molecular weight is 446 g/mol. The van der Waals surface area contributed by atoms with Crippen LogP contribution in [0.5, 0.6) is 5.75 Å². The van der Waals surface area contributed by atoms with Crippen molar-refractivity contribution in [1.29, 1.82) is 0 Å². The zero-order valence-corrected chi connectivity index (χ0v) is 17.6. The molecular weight excluding hydrogens is 425 g/mol. The number of amides is 1. The molecule has 0 radical (unpaired) electrons. The number of nitrogens with one attached hydrogen (secondary N) is 2. The van der Waals surface area contributed by atoms with E-state index >= 15 is 0 Å². The van der Waals surface area contributed by atoms with Crippen molar-refractivity contribution in [2.45, 2.75) is 38.3 Å². The molecule has 1 amide bonds. The molecule has 1 aliphatic heterocycles. The van der Waals surface area contributed by atoms with Crippen LogP contribution in [-0.4, -0.2) is 39.6 Å². The zero-order valence-electron chi connectivity index (χ0n) is 16.9. The first kappa shape index (κ1) is 20.0. The van der Waals surface area contributed by atoms with E-state index in [-0.39, 0.29) is 29.8 Å². The van der Waals surface area contributed by atoms with Crippen molar-refractivity contribution in [3.63, 3.8) is 0 Å². The molecule has 2 aromatic heterocycles. The van der Waals surface area contributed by atoms with Crippen LogP contribution in [0.15, 0.2) is 18.3 Å². The number of benzene rings is 1. The van der Waals surface area contributed by atoms with Crippen LogP contribution in [0.2, 0.25) is 5.02 Å². The number of aryl methyl sites for hydroxylation is 1. The molecule has 31 heavy (non-hydrogen) atoms. The second-order valence-corrected chi connectivity index (χ2v) is 8.03. The van der Waals surface area contributed by atoms with Crippen molar-refractivity contribution < 1.29 is 18.7 Å². The summed E-state index contributed by atoms with van der Waals surface area (Å²) in [7, 11) is 1.46. The lowest BCUT2D eigenvalue weighted by Crippen LogP contribution is -2.35. The van der Waals surface area contributed by atoms with E-state index in [1.165, 1.54) is 23.9 Å². The van der Waals surface area contributed by atoms with Crippen LogP contribution in [0.25, 0.3) is 5.69 Å². The molecule has 2 N–H and O–H groups in total. The summed E-state index contributed by atoms with van der Waals surface area (Å²) in [5.74, 6) is -0.461. The van der Waals surface area contributed by atoms with Crippen LogP contribution in [0.1, 0.15) is 51.9 Å². The standard InChI is InChI=1S/C21H21ClFN5O3/c1-30-17-7-6-13(23)20(18(17)22)28-16-10-31-9-15(12(16)8-24-28)25-21(29)19-11-4-2-3-5-14(11)26-27-19/h6-8,15H,2-5,9-10H2,1H3,(H,25,29)(H,26,27)/t15-/m0/s1. The van der Waals surface area contributed by atoms with Gasteiger partial charge in [0.15, 0.2) is 11.5 Å². The summed E-state index contributed by atoms with van der Waals surface area (Å²) in [4.78, 5) is 13.0. The summed E-state index contributed by atoms with van der Waals surface area (Å²) < 4.78 is 26.9. The monoisotopic (exact) mass is 445 g/mol. The highest BCUT2D eigenvalue weighted by Crippen LogP contribution is 2.35. The molecule has 1 aliphatic carbocycles. The Hall–Kier alpha value is -2.91. The van der Waals surface area contributed by atoms with E-state index in [1.807, 2.05) is 0 Å². The summed E-state index contributed by atoms with van der Waals surface area (Å²) in [6.45, 7) is 0.498. The molecule has 0 saturated carbocycles. The van der Waals surface area contributed by atoms with Crippen molar-refractivity contribution >= 4 is 17.5 Å². The number of halogens is 2. The lowest BCUT2D eigenvalue weighted by Gasteiger charge is -2.25. The molecule has 0 bridgehead atoms. The topological polar surface area (TPSA) is 94.1 Å². The van der Waals surface area contributed by atoms with Crippen molar-refractivity contribution in [3.8, 4) is 11.4 Å².